The zero-order chi connectivity index (χ0) is 11.6. The van der Waals surface area contributed by atoms with Crippen LogP contribution in [0.15, 0.2) is 12.4 Å². The molecule has 3 atom stereocenters. The number of H-pyrrole nitrogens is 1. The molecular formula is C13H20N2S. The van der Waals surface area contributed by atoms with Gasteiger partial charge in [0.2, 0.25) is 0 Å². The van der Waals surface area contributed by atoms with Crippen LogP contribution in [-0.4, -0.2) is 9.55 Å². The van der Waals surface area contributed by atoms with Crippen LogP contribution < -0.4 is 0 Å². The van der Waals surface area contributed by atoms with Crippen molar-refractivity contribution < 1.29 is 0 Å². The van der Waals surface area contributed by atoms with Crippen LogP contribution in [0.25, 0.3) is 0 Å². The molecule has 1 aromatic rings. The zero-order valence-electron chi connectivity index (χ0n) is 10.3. The number of nitrogens with one attached hydrogen (secondary N) is 1. The summed E-state index contributed by atoms with van der Waals surface area (Å²) in [6.07, 6.45) is 8.22. The van der Waals surface area contributed by atoms with E-state index in [0.717, 1.165) is 10.7 Å². The van der Waals surface area contributed by atoms with Crippen molar-refractivity contribution in [3.8, 4) is 0 Å². The highest BCUT2D eigenvalue weighted by atomic mass is 32.1. The Morgan fingerprint density at radius 3 is 2.69 bits per heavy atom. The number of aromatic nitrogens is 2. The van der Waals surface area contributed by atoms with E-state index in [1.165, 1.54) is 19.3 Å². The van der Waals surface area contributed by atoms with Crippen molar-refractivity contribution in [1.82, 2.24) is 9.55 Å². The molecule has 2 fully saturated rings. The molecule has 0 aromatic carbocycles. The van der Waals surface area contributed by atoms with E-state index >= 15 is 0 Å². The highest BCUT2D eigenvalue weighted by Gasteiger charge is 2.60. The maximum absolute atomic E-state index is 5.40. The summed E-state index contributed by atoms with van der Waals surface area (Å²) in [5, 5.41) is 0. The lowest BCUT2D eigenvalue weighted by Crippen LogP contribution is -2.37. The van der Waals surface area contributed by atoms with Crippen LogP contribution in [0.2, 0.25) is 0 Å². The molecule has 2 nitrogen and oxygen atoms in total. The SMILES string of the molecule is CC12CCC(C1)C(C)(C)C2n1cc[nH]c1=S. The minimum Gasteiger partial charge on any atom is -0.337 e. The molecule has 0 amide bonds. The average molecular weight is 236 g/mol. The molecule has 0 aliphatic heterocycles. The lowest BCUT2D eigenvalue weighted by atomic mass is 9.68. The molecule has 3 rings (SSSR count). The standard InChI is InChI=1S/C13H20N2S/c1-12(2)9-4-5-13(3,8-9)10(12)15-7-6-14-11(15)16/h6-7,9-10H,4-5,8H2,1-3H3,(H,14,16). The van der Waals surface area contributed by atoms with Gasteiger partial charge in [-0.25, -0.2) is 0 Å². The number of rotatable bonds is 1. The van der Waals surface area contributed by atoms with E-state index in [-0.39, 0.29) is 0 Å². The number of aromatic amines is 1. The highest BCUT2D eigenvalue weighted by molar-refractivity contribution is 7.71. The Morgan fingerprint density at radius 2 is 2.19 bits per heavy atom. The maximum atomic E-state index is 5.40. The van der Waals surface area contributed by atoms with E-state index in [1.54, 1.807) is 0 Å². The Bertz CT molecular complexity index is 466. The topological polar surface area (TPSA) is 20.7 Å². The van der Waals surface area contributed by atoms with E-state index in [4.69, 9.17) is 12.2 Å². The van der Waals surface area contributed by atoms with Gasteiger partial charge in [-0.05, 0) is 48.2 Å². The highest BCUT2D eigenvalue weighted by Crippen LogP contribution is 2.67. The van der Waals surface area contributed by atoms with Crippen LogP contribution in [0.4, 0.5) is 0 Å². The van der Waals surface area contributed by atoms with E-state index in [1.807, 2.05) is 6.20 Å². The first-order valence-corrected chi connectivity index (χ1v) is 6.61. The molecule has 0 saturated heterocycles. The van der Waals surface area contributed by atoms with Gasteiger partial charge in [-0.1, -0.05) is 20.8 Å². The van der Waals surface area contributed by atoms with Crippen LogP contribution in [0.5, 0.6) is 0 Å². The zero-order valence-corrected chi connectivity index (χ0v) is 11.1. The van der Waals surface area contributed by atoms with E-state index < -0.39 is 0 Å². The molecule has 1 aromatic heterocycles. The van der Waals surface area contributed by atoms with E-state index in [0.29, 0.717) is 16.9 Å². The van der Waals surface area contributed by atoms with Crippen LogP contribution in [0, 0.1) is 21.5 Å². The van der Waals surface area contributed by atoms with Crippen molar-refractivity contribution in [1.29, 1.82) is 0 Å². The summed E-state index contributed by atoms with van der Waals surface area (Å²) in [7, 11) is 0. The fourth-order valence-corrected chi connectivity index (χ4v) is 4.74. The molecule has 2 aliphatic rings. The summed E-state index contributed by atoms with van der Waals surface area (Å²) >= 11 is 5.40. The molecule has 3 heteroatoms. The Balaban J connectivity index is 2.14. The van der Waals surface area contributed by atoms with Gasteiger partial charge in [-0.3, -0.25) is 0 Å². The van der Waals surface area contributed by atoms with Crippen molar-refractivity contribution >= 4 is 12.2 Å². The van der Waals surface area contributed by atoms with Gasteiger partial charge in [0.15, 0.2) is 4.77 Å². The molecule has 3 unspecified atom stereocenters. The number of fused-ring (bicyclic) bond motifs is 2. The van der Waals surface area contributed by atoms with Gasteiger partial charge in [0.1, 0.15) is 0 Å². The van der Waals surface area contributed by atoms with Crippen molar-refractivity contribution in [3.63, 3.8) is 0 Å². The average Bonchev–Trinajstić information content (AvgIpc) is 2.78. The lowest BCUT2D eigenvalue weighted by molar-refractivity contribution is 0.0824. The van der Waals surface area contributed by atoms with E-state index in [9.17, 15) is 0 Å². The summed E-state index contributed by atoms with van der Waals surface area (Å²) < 4.78 is 3.18. The molecule has 2 aliphatic carbocycles. The number of nitrogens with zero attached hydrogens (tertiary/aromatic N) is 1. The summed E-state index contributed by atoms with van der Waals surface area (Å²) in [6.45, 7) is 7.28. The maximum Gasteiger partial charge on any atom is 0.177 e. The monoisotopic (exact) mass is 236 g/mol. The molecule has 16 heavy (non-hydrogen) atoms. The quantitative estimate of drug-likeness (QED) is 0.733. The van der Waals surface area contributed by atoms with E-state index in [2.05, 4.69) is 36.5 Å². The minimum atomic E-state index is 0.382. The smallest absolute Gasteiger partial charge is 0.177 e. The van der Waals surface area contributed by atoms with Crippen LogP contribution >= 0.6 is 12.2 Å². The Kier molecular flexibility index (Phi) is 1.99. The Labute approximate surface area is 102 Å². The first-order chi connectivity index (χ1) is 7.45. The Morgan fingerprint density at radius 1 is 1.44 bits per heavy atom. The van der Waals surface area contributed by atoms with Gasteiger partial charge in [0, 0.05) is 18.4 Å². The molecule has 2 bridgehead atoms. The summed E-state index contributed by atoms with van der Waals surface area (Å²) in [5.41, 5.74) is 0.835. The van der Waals surface area contributed by atoms with Gasteiger partial charge in [0.25, 0.3) is 0 Å². The second kappa shape index (κ2) is 3.00. The molecule has 2 saturated carbocycles. The van der Waals surface area contributed by atoms with Gasteiger partial charge in [0.05, 0.1) is 0 Å². The summed E-state index contributed by atoms with van der Waals surface area (Å²) in [4.78, 5) is 3.14. The lowest BCUT2D eigenvalue weighted by Gasteiger charge is -2.43. The van der Waals surface area contributed by atoms with Gasteiger partial charge < -0.3 is 9.55 Å². The number of hydrogen-bond donors (Lipinski definition) is 1. The first-order valence-electron chi connectivity index (χ1n) is 6.21. The third-order valence-electron chi connectivity index (χ3n) is 5.15. The first kappa shape index (κ1) is 10.6. The van der Waals surface area contributed by atoms with Crippen molar-refractivity contribution in [3.05, 3.63) is 17.2 Å². The third-order valence-corrected chi connectivity index (χ3v) is 5.48. The van der Waals surface area contributed by atoms with Crippen molar-refractivity contribution in [2.75, 3.05) is 0 Å². The molecule has 0 spiro atoms. The minimum absolute atomic E-state index is 0.382. The molecular weight excluding hydrogens is 216 g/mol. The molecule has 88 valence electrons. The fourth-order valence-electron chi connectivity index (χ4n) is 4.50. The second-order valence-corrected chi connectivity index (χ2v) is 6.88. The predicted molar refractivity (Wildman–Crippen MR) is 67.9 cm³/mol. The van der Waals surface area contributed by atoms with Crippen LogP contribution in [0.1, 0.15) is 46.1 Å². The number of imidazole rings is 1. The molecule has 1 N–H and O–H groups in total. The Hall–Kier alpha value is -0.570. The van der Waals surface area contributed by atoms with Gasteiger partial charge in [-0.15, -0.1) is 0 Å². The van der Waals surface area contributed by atoms with Crippen LogP contribution in [-0.2, 0) is 0 Å². The summed E-state index contributed by atoms with van der Waals surface area (Å²) in [6, 6.07) is 0.567. The fraction of sp³-hybridized carbons (Fsp3) is 0.769. The van der Waals surface area contributed by atoms with Crippen LogP contribution in [0.3, 0.4) is 0 Å². The normalized spacial score (nSPS) is 40.4. The second-order valence-electron chi connectivity index (χ2n) is 6.49. The summed E-state index contributed by atoms with van der Waals surface area (Å²) in [5.74, 6) is 0.874. The van der Waals surface area contributed by atoms with Crippen molar-refractivity contribution in [2.24, 2.45) is 16.7 Å². The van der Waals surface area contributed by atoms with Gasteiger partial charge >= 0.3 is 0 Å². The van der Waals surface area contributed by atoms with Gasteiger partial charge in [-0.2, -0.15) is 0 Å². The molecule has 1 heterocycles. The predicted octanol–water partition coefficient (Wildman–Crippen LogP) is 3.93. The third kappa shape index (κ3) is 1.15. The molecule has 0 radical (unpaired) electrons. The largest absolute Gasteiger partial charge is 0.337 e. The van der Waals surface area contributed by atoms with Crippen molar-refractivity contribution in [2.45, 2.75) is 46.1 Å². The number of hydrogen-bond acceptors (Lipinski definition) is 1.